The molecule has 1 aromatic heterocycles. The number of carbonyl (C=O) groups is 1. The number of rotatable bonds is 4. The van der Waals surface area contributed by atoms with Crippen LogP contribution in [-0.2, 0) is 0 Å². The van der Waals surface area contributed by atoms with Crippen molar-refractivity contribution >= 4 is 32.3 Å². The van der Waals surface area contributed by atoms with Crippen LogP contribution in [0.4, 0.5) is 5.00 Å². The van der Waals surface area contributed by atoms with Gasteiger partial charge < -0.3 is 16.0 Å². The maximum Gasteiger partial charge on any atom is 0.251 e. The molecule has 0 spiro atoms. The summed E-state index contributed by atoms with van der Waals surface area (Å²) in [6.45, 7) is 0. The van der Waals surface area contributed by atoms with Crippen LogP contribution in [0.5, 0.6) is 0 Å². The van der Waals surface area contributed by atoms with E-state index in [0.717, 1.165) is 12.0 Å². The SMILES string of the molecule is O=C(N[C@@H]1C[C@H]2CC[C@@H]1N2)c1ccc2cc(NC3CC3)sc2c1. The van der Waals surface area contributed by atoms with Crippen molar-refractivity contribution in [2.75, 3.05) is 5.32 Å². The van der Waals surface area contributed by atoms with Gasteiger partial charge >= 0.3 is 0 Å². The van der Waals surface area contributed by atoms with E-state index in [1.165, 1.54) is 40.8 Å². The fourth-order valence-electron chi connectivity index (χ4n) is 3.91. The molecule has 5 rings (SSSR count). The van der Waals surface area contributed by atoms with Gasteiger partial charge in [-0.3, -0.25) is 4.79 Å². The number of anilines is 1. The largest absolute Gasteiger partial charge is 0.374 e. The summed E-state index contributed by atoms with van der Waals surface area (Å²) in [5.41, 5.74) is 0.778. The number of carbonyl (C=O) groups excluding carboxylic acids is 1. The average Bonchev–Trinajstić information content (AvgIpc) is 2.97. The minimum absolute atomic E-state index is 0.0661. The second kappa shape index (κ2) is 5.21. The van der Waals surface area contributed by atoms with Crippen LogP contribution in [0.3, 0.4) is 0 Å². The lowest BCUT2D eigenvalue weighted by Gasteiger charge is -2.21. The minimum Gasteiger partial charge on any atom is -0.374 e. The van der Waals surface area contributed by atoms with Gasteiger partial charge in [-0.15, -0.1) is 11.3 Å². The maximum absolute atomic E-state index is 12.6. The number of fused-ring (bicyclic) bond motifs is 3. The Labute approximate surface area is 139 Å². The normalized spacial score (nSPS) is 29.1. The molecule has 4 nitrogen and oxygen atoms in total. The van der Waals surface area contributed by atoms with Crippen LogP contribution in [0, 0.1) is 0 Å². The van der Waals surface area contributed by atoms with Gasteiger partial charge in [0.2, 0.25) is 0 Å². The zero-order valence-electron chi connectivity index (χ0n) is 13.0. The second-order valence-electron chi connectivity index (χ2n) is 7.14. The third-order valence-electron chi connectivity index (χ3n) is 5.32. The van der Waals surface area contributed by atoms with Crippen LogP contribution in [0.25, 0.3) is 10.1 Å². The molecule has 1 amide bonds. The summed E-state index contributed by atoms with van der Waals surface area (Å²) < 4.78 is 1.19. The molecule has 1 aliphatic carbocycles. The second-order valence-corrected chi connectivity index (χ2v) is 8.23. The molecule has 2 bridgehead atoms. The first kappa shape index (κ1) is 13.8. The Morgan fingerprint density at radius 2 is 2.09 bits per heavy atom. The van der Waals surface area contributed by atoms with Crippen LogP contribution in [0.1, 0.15) is 42.5 Å². The molecule has 1 saturated carbocycles. The Morgan fingerprint density at radius 3 is 2.83 bits per heavy atom. The molecule has 3 fully saturated rings. The molecule has 0 unspecified atom stereocenters. The Kier molecular flexibility index (Phi) is 3.13. The van der Waals surface area contributed by atoms with Crippen molar-refractivity contribution in [2.24, 2.45) is 0 Å². The van der Waals surface area contributed by atoms with Crippen LogP contribution < -0.4 is 16.0 Å². The van der Waals surface area contributed by atoms with E-state index in [1.807, 2.05) is 12.1 Å². The topological polar surface area (TPSA) is 53.2 Å². The van der Waals surface area contributed by atoms with E-state index in [-0.39, 0.29) is 5.91 Å². The molecule has 3 aliphatic rings. The van der Waals surface area contributed by atoms with E-state index in [4.69, 9.17) is 0 Å². The molecular formula is C18H21N3OS. The molecule has 23 heavy (non-hydrogen) atoms. The van der Waals surface area contributed by atoms with Gasteiger partial charge in [0, 0.05) is 34.4 Å². The number of hydrogen-bond donors (Lipinski definition) is 3. The van der Waals surface area contributed by atoms with E-state index in [9.17, 15) is 4.79 Å². The highest BCUT2D eigenvalue weighted by atomic mass is 32.1. The lowest BCUT2D eigenvalue weighted by molar-refractivity contribution is 0.0931. The molecule has 1 aromatic carbocycles. The monoisotopic (exact) mass is 327 g/mol. The van der Waals surface area contributed by atoms with Crippen molar-refractivity contribution in [1.82, 2.24) is 10.6 Å². The van der Waals surface area contributed by atoms with Crippen molar-refractivity contribution in [1.29, 1.82) is 0 Å². The Hall–Kier alpha value is -1.59. The molecule has 2 aromatic rings. The number of amides is 1. The van der Waals surface area contributed by atoms with Crippen LogP contribution in [0.2, 0.25) is 0 Å². The number of benzene rings is 1. The van der Waals surface area contributed by atoms with Crippen LogP contribution >= 0.6 is 11.3 Å². The lowest BCUT2D eigenvalue weighted by atomic mass is 9.95. The summed E-state index contributed by atoms with van der Waals surface area (Å²) >= 11 is 1.75. The molecule has 0 radical (unpaired) electrons. The molecule has 3 atom stereocenters. The van der Waals surface area contributed by atoms with Crippen molar-refractivity contribution in [3.8, 4) is 0 Å². The summed E-state index contributed by atoms with van der Waals surface area (Å²) in [5.74, 6) is 0.0661. The first-order valence-corrected chi connectivity index (χ1v) is 9.43. The van der Waals surface area contributed by atoms with Gasteiger partial charge in [-0.1, -0.05) is 6.07 Å². The predicted octanol–water partition coefficient (Wildman–Crippen LogP) is 3.10. The average molecular weight is 327 g/mol. The number of thiophene rings is 1. The van der Waals surface area contributed by atoms with E-state index in [2.05, 4.69) is 28.1 Å². The highest BCUT2D eigenvalue weighted by Crippen LogP contribution is 2.34. The van der Waals surface area contributed by atoms with E-state index in [1.54, 1.807) is 11.3 Å². The third kappa shape index (κ3) is 2.62. The first-order valence-electron chi connectivity index (χ1n) is 8.62. The van der Waals surface area contributed by atoms with Gasteiger partial charge in [-0.2, -0.15) is 0 Å². The summed E-state index contributed by atoms with van der Waals surface area (Å²) in [5, 5.41) is 12.8. The van der Waals surface area contributed by atoms with Crippen LogP contribution in [-0.4, -0.2) is 30.1 Å². The summed E-state index contributed by atoms with van der Waals surface area (Å²) in [6, 6.07) is 10.3. The maximum atomic E-state index is 12.6. The molecule has 5 heteroatoms. The summed E-state index contributed by atoms with van der Waals surface area (Å²) in [7, 11) is 0. The van der Waals surface area contributed by atoms with Gasteiger partial charge in [0.25, 0.3) is 5.91 Å². The van der Waals surface area contributed by atoms with E-state index < -0.39 is 0 Å². The van der Waals surface area contributed by atoms with E-state index in [0.29, 0.717) is 24.2 Å². The van der Waals surface area contributed by atoms with Crippen molar-refractivity contribution in [2.45, 2.75) is 56.3 Å². The first-order chi connectivity index (χ1) is 11.2. The molecule has 3 N–H and O–H groups in total. The van der Waals surface area contributed by atoms with Gasteiger partial charge in [-0.25, -0.2) is 0 Å². The standard InChI is InChI=1S/C18H21N3OS/c22-18(21-15-9-13-5-6-14(15)19-13)11-2-1-10-8-17(20-12-3-4-12)23-16(10)7-11/h1-2,7-8,12-15,19-20H,3-6,9H2,(H,21,22)/t13-,14+,15-/m1/s1. The van der Waals surface area contributed by atoms with E-state index >= 15 is 0 Å². The van der Waals surface area contributed by atoms with Crippen molar-refractivity contribution < 1.29 is 4.79 Å². The zero-order valence-corrected chi connectivity index (χ0v) is 13.8. The van der Waals surface area contributed by atoms with Crippen molar-refractivity contribution in [3.63, 3.8) is 0 Å². The smallest absolute Gasteiger partial charge is 0.251 e. The number of nitrogens with one attached hydrogen (secondary N) is 3. The Balaban J connectivity index is 1.33. The fraction of sp³-hybridized carbons (Fsp3) is 0.500. The summed E-state index contributed by atoms with van der Waals surface area (Å²) in [4.78, 5) is 12.6. The Morgan fingerprint density at radius 1 is 1.17 bits per heavy atom. The molecular weight excluding hydrogens is 306 g/mol. The number of hydrogen-bond acceptors (Lipinski definition) is 4. The lowest BCUT2D eigenvalue weighted by Crippen LogP contribution is -2.42. The van der Waals surface area contributed by atoms with Gasteiger partial charge in [0.15, 0.2) is 0 Å². The van der Waals surface area contributed by atoms with Gasteiger partial charge in [-0.05, 0) is 55.7 Å². The highest BCUT2D eigenvalue weighted by Gasteiger charge is 2.39. The quantitative estimate of drug-likeness (QED) is 0.809. The van der Waals surface area contributed by atoms with Gasteiger partial charge in [0.05, 0.1) is 5.00 Å². The minimum atomic E-state index is 0.0661. The zero-order chi connectivity index (χ0) is 15.4. The molecule has 2 aliphatic heterocycles. The van der Waals surface area contributed by atoms with Gasteiger partial charge in [0.1, 0.15) is 0 Å². The molecule has 2 saturated heterocycles. The van der Waals surface area contributed by atoms with Crippen molar-refractivity contribution in [3.05, 3.63) is 29.8 Å². The predicted molar refractivity (Wildman–Crippen MR) is 94.3 cm³/mol. The fourth-order valence-corrected chi connectivity index (χ4v) is 4.99. The summed E-state index contributed by atoms with van der Waals surface area (Å²) in [6.07, 6.45) is 6.08. The van der Waals surface area contributed by atoms with Crippen LogP contribution in [0.15, 0.2) is 24.3 Å². The third-order valence-corrected chi connectivity index (χ3v) is 6.35. The highest BCUT2D eigenvalue weighted by molar-refractivity contribution is 7.22. The molecule has 3 heterocycles. The Bertz CT molecular complexity index is 767. The molecule has 120 valence electrons.